The maximum Gasteiger partial charge on any atom is 0.255 e. The summed E-state index contributed by atoms with van der Waals surface area (Å²) in [6, 6.07) is 3.88. The average molecular weight is 358 g/mol. The molecular weight excluding hydrogens is 336 g/mol. The summed E-state index contributed by atoms with van der Waals surface area (Å²) in [7, 11) is 0.989. The highest BCUT2D eigenvalue weighted by molar-refractivity contribution is 7.89. The van der Waals surface area contributed by atoms with E-state index in [0.717, 1.165) is 4.31 Å². The highest BCUT2D eigenvalue weighted by Gasteiger charge is 2.34. The number of nitrogens with one attached hydrogen (secondary N) is 1. The molecule has 0 aliphatic carbocycles. The van der Waals surface area contributed by atoms with Crippen LogP contribution in [-0.4, -0.2) is 70.0 Å². The molecule has 1 amide bonds. The summed E-state index contributed by atoms with van der Waals surface area (Å²) < 4.78 is 35.6. The van der Waals surface area contributed by atoms with Gasteiger partial charge in [-0.2, -0.15) is 0 Å². The van der Waals surface area contributed by atoms with Crippen LogP contribution in [0.1, 0.15) is 10.4 Å². The lowest BCUT2D eigenvalue weighted by Crippen LogP contribution is -2.43. The molecule has 9 heteroatoms. The molecule has 0 saturated carbocycles. The summed E-state index contributed by atoms with van der Waals surface area (Å²) in [6.07, 6.45) is 0. The van der Waals surface area contributed by atoms with Gasteiger partial charge in [0.15, 0.2) is 0 Å². The van der Waals surface area contributed by atoms with E-state index in [1.165, 1.54) is 39.4 Å². The van der Waals surface area contributed by atoms with Gasteiger partial charge in [0.05, 0.1) is 37.7 Å². The molecule has 1 heterocycles. The number of hydrogen-bond donors (Lipinski definition) is 2. The Hall–Kier alpha value is -1.84. The summed E-state index contributed by atoms with van der Waals surface area (Å²) in [5.74, 6) is -0.713. The molecule has 0 aromatic heterocycles. The first-order chi connectivity index (χ1) is 11.2. The van der Waals surface area contributed by atoms with Gasteiger partial charge in [0, 0.05) is 20.0 Å². The number of hydrogen-bond acceptors (Lipinski definition) is 6. The first-order valence-corrected chi connectivity index (χ1v) is 9.01. The molecular formula is C15H22N2O6S. The molecule has 0 bridgehead atoms. The Morgan fingerprint density at radius 1 is 1.42 bits per heavy atom. The zero-order valence-corrected chi connectivity index (χ0v) is 14.7. The second kappa shape index (κ2) is 7.37. The molecule has 1 aromatic rings. The Balaban J connectivity index is 2.11. The normalized spacial score (nSPS) is 21.0. The summed E-state index contributed by atoms with van der Waals surface area (Å²) in [5, 5.41) is 12.6. The van der Waals surface area contributed by atoms with Crippen molar-refractivity contribution in [1.82, 2.24) is 9.62 Å². The topological polar surface area (TPSA) is 105 Å². The van der Waals surface area contributed by atoms with Gasteiger partial charge < -0.3 is 19.9 Å². The Morgan fingerprint density at radius 3 is 2.75 bits per heavy atom. The van der Waals surface area contributed by atoms with Crippen molar-refractivity contribution in [3.05, 3.63) is 23.8 Å². The number of carbonyl (C=O) groups excluding carboxylic acids is 1. The molecule has 2 N–H and O–H groups in total. The summed E-state index contributed by atoms with van der Waals surface area (Å²) in [6.45, 7) is 0.478. The van der Waals surface area contributed by atoms with Crippen LogP contribution in [0.3, 0.4) is 0 Å². The minimum absolute atomic E-state index is 0.0652. The Labute approximate surface area is 141 Å². The van der Waals surface area contributed by atoms with E-state index < -0.39 is 22.0 Å². The van der Waals surface area contributed by atoms with E-state index >= 15 is 0 Å². The van der Waals surface area contributed by atoms with Crippen LogP contribution >= 0.6 is 0 Å². The fraction of sp³-hybridized carbons (Fsp3) is 0.533. The monoisotopic (exact) mass is 358 g/mol. The first kappa shape index (κ1) is 18.5. The average Bonchev–Trinajstić information content (AvgIpc) is 2.93. The van der Waals surface area contributed by atoms with Crippen molar-refractivity contribution in [3.63, 3.8) is 0 Å². The number of rotatable bonds is 6. The predicted molar refractivity (Wildman–Crippen MR) is 87.7 cm³/mol. The van der Waals surface area contributed by atoms with Crippen LogP contribution in [0.15, 0.2) is 18.2 Å². The number of benzene rings is 1. The maximum atomic E-state index is 12.4. The van der Waals surface area contributed by atoms with Crippen LogP contribution in [0.2, 0.25) is 0 Å². The molecule has 24 heavy (non-hydrogen) atoms. The lowest BCUT2D eigenvalue weighted by atomic mass is 10.1. The van der Waals surface area contributed by atoms with Crippen LogP contribution in [-0.2, 0) is 14.8 Å². The first-order valence-electron chi connectivity index (χ1n) is 7.40. The van der Waals surface area contributed by atoms with Crippen molar-refractivity contribution in [2.75, 3.05) is 40.2 Å². The quantitative estimate of drug-likeness (QED) is 0.744. The molecule has 0 radical (unpaired) electrons. The molecule has 8 nitrogen and oxygen atoms in total. The molecule has 1 fully saturated rings. The molecule has 0 unspecified atom stereocenters. The molecule has 1 aliphatic heterocycles. The number of carbonyl (C=O) groups is 1. The highest BCUT2D eigenvalue weighted by Crippen LogP contribution is 2.24. The van der Waals surface area contributed by atoms with Gasteiger partial charge in [-0.3, -0.25) is 4.79 Å². The van der Waals surface area contributed by atoms with Crippen LogP contribution in [0.5, 0.6) is 11.5 Å². The van der Waals surface area contributed by atoms with E-state index in [0.29, 0.717) is 5.75 Å². The summed E-state index contributed by atoms with van der Waals surface area (Å²) >= 11 is 0. The van der Waals surface area contributed by atoms with E-state index in [1.807, 2.05) is 0 Å². The minimum Gasteiger partial charge on any atom is -0.507 e. The number of ether oxygens (including phenoxy) is 2. The van der Waals surface area contributed by atoms with Crippen molar-refractivity contribution >= 4 is 15.9 Å². The van der Waals surface area contributed by atoms with E-state index in [-0.39, 0.29) is 36.2 Å². The van der Waals surface area contributed by atoms with Crippen molar-refractivity contribution in [2.45, 2.75) is 6.04 Å². The third-order valence-corrected chi connectivity index (χ3v) is 5.91. The second-order valence-electron chi connectivity index (χ2n) is 5.82. The van der Waals surface area contributed by atoms with Gasteiger partial charge in [0.25, 0.3) is 5.91 Å². The fourth-order valence-electron chi connectivity index (χ4n) is 2.41. The third-order valence-electron chi connectivity index (χ3n) is 3.94. The molecule has 1 aromatic carbocycles. The lowest BCUT2D eigenvalue weighted by molar-refractivity contribution is 0.0923. The van der Waals surface area contributed by atoms with Crippen molar-refractivity contribution < 1.29 is 27.8 Å². The standard InChI is InChI=1S/C15H22N2O6S/c1-17(2)24(20,21)9-10-7-23-8-13(10)16-15(19)12-6-11(22-3)4-5-14(12)18/h4-6,10,13,18H,7-9H2,1-3H3,(H,16,19)/t10-,13+/m0/s1. The number of sulfonamides is 1. The minimum atomic E-state index is -3.40. The maximum absolute atomic E-state index is 12.4. The van der Waals surface area contributed by atoms with Crippen molar-refractivity contribution in [3.8, 4) is 11.5 Å². The second-order valence-corrected chi connectivity index (χ2v) is 8.05. The number of phenols is 1. The summed E-state index contributed by atoms with van der Waals surface area (Å²) in [5.41, 5.74) is 0.0652. The lowest BCUT2D eigenvalue weighted by Gasteiger charge is -2.21. The van der Waals surface area contributed by atoms with E-state index in [9.17, 15) is 18.3 Å². The Bertz CT molecular complexity index is 704. The Morgan fingerprint density at radius 2 is 2.12 bits per heavy atom. The van der Waals surface area contributed by atoms with Crippen LogP contribution < -0.4 is 10.1 Å². The van der Waals surface area contributed by atoms with E-state index in [1.54, 1.807) is 0 Å². The van der Waals surface area contributed by atoms with Crippen molar-refractivity contribution in [1.29, 1.82) is 0 Å². The van der Waals surface area contributed by atoms with Gasteiger partial charge in [-0.25, -0.2) is 12.7 Å². The molecule has 2 rings (SSSR count). The van der Waals surface area contributed by atoms with Gasteiger partial charge in [-0.1, -0.05) is 0 Å². The number of methoxy groups -OCH3 is 1. The van der Waals surface area contributed by atoms with E-state index in [2.05, 4.69) is 5.32 Å². The van der Waals surface area contributed by atoms with Crippen LogP contribution in [0.4, 0.5) is 0 Å². The number of aromatic hydroxyl groups is 1. The smallest absolute Gasteiger partial charge is 0.255 e. The van der Waals surface area contributed by atoms with Gasteiger partial charge in [0.1, 0.15) is 11.5 Å². The predicted octanol–water partition coefficient (Wildman–Crippen LogP) is 0.0370. The number of nitrogens with zero attached hydrogens (tertiary/aromatic N) is 1. The largest absolute Gasteiger partial charge is 0.507 e. The van der Waals surface area contributed by atoms with Gasteiger partial charge >= 0.3 is 0 Å². The molecule has 2 atom stereocenters. The molecule has 134 valence electrons. The molecule has 1 aliphatic rings. The van der Waals surface area contributed by atoms with E-state index in [4.69, 9.17) is 9.47 Å². The van der Waals surface area contributed by atoms with Gasteiger partial charge in [-0.05, 0) is 18.2 Å². The van der Waals surface area contributed by atoms with Gasteiger partial charge in [-0.15, -0.1) is 0 Å². The zero-order chi connectivity index (χ0) is 17.9. The third kappa shape index (κ3) is 4.16. The van der Waals surface area contributed by atoms with Gasteiger partial charge in [0.2, 0.25) is 10.0 Å². The van der Waals surface area contributed by atoms with Crippen LogP contribution in [0, 0.1) is 5.92 Å². The number of amides is 1. The van der Waals surface area contributed by atoms with Crippen molar-refractivity contribution in [2.24, 2.45) is 5.92 Å². The molecule has 1 saturated heterocycles. The number of phenolic OH excluding ortho intramolecular Hbond substituents is 1. The van der Waals surface area contributed by atoms with Crippen LogP contribution in [0.25, 0.3) is 0 Å². The SMILES string of the molecule is COc1ccc(O)c(C(=O)N[C@@H]2COC[C@H]2CS(=O)(=O)N(C)C)c1. The molecule has 0 spiro atoms. The highest BCUT2D eigenvalue weighted by atomic mass is 32.2. The summed E-state index contributed by atoms with van der Waals surface area (Å²) in [4.78, 5) is 12.4. The zero-order valence-electron chi connectivity index (χ0n) is 13.9. The Kier molecular flexibility index (Phi) is 5.68. The fourth-order valence-corrected chi connectivity index (χ4v) is 3.58.